The molecule has 0 radical (unpaired) electrons. The monoisotopic (exact) mass is 364 g/mol. The second kappa shape index (κ2) is 9.46. The highest BCUT2D eigenvalue weighted by atomic mass is 16.6. The minimum atomic E-state index is -0.981. The molecule has 0 saturated heterocycles. The number of amides is 1. The van der Waals surface area contributed by atoms with E-state index < -0.39 is 17.6 Å². The summed E-state index contributed by atoms with van der Waals surface area (Å²) >= 11 is 0. The molecule has 0 aliphatic heterocycles. The molecule has 1 atom stereocenters. The zero-order chi connectivity index (χ0) is 19.9. The predicted octanol–water partition coefficient (Wildman–Crippen LogP) is 4.37. The van der Waals surface area contributed by atoms with Gasteiger partial charge in [0.05, 0.1) is 12.5 Å². The number of nitrogens with zero attached hydrogens (tertiary/aromatic N) is 1. The summed E-state index contributed by atoms with van der Waals surface area (Å²) in [5, 5.41) is 2.76. The van der Waals surface area contributed by atoms with E-state index >= 15 is 0 Å². The van der Waals surface area contributed by atoms with Crippen LogP contribution in [0.2, 0.25) is 0 Å². The molecule has 1 unspecified atom stereocenters. The van der Waals surface area contributed by atoms with Crippen molar-refractivity contribution < 1.29 is 19.1 Å². The summed E-state index contributed by atoms with van der Waals surface area (Å²) in [4.78, 5) is 26.4. The van der Waals surface area contributed by atoms with Crippen molar-refractivity contribution in [1.29, 1.82) is 0 Å². The van der Waals surface area contributed by atoms with E-state index in [9.17, 15) is 9.59 Å². The fourth-order valence-corrected chi connectivity index (χ4v) is 2.59. The Morgan fingerprint density at radius 3 is 2.31 bits per heavy atom. The van der Waals surface area contributed by atoms with Crippen LogP contribution >= 0.6 is 0 Å². The van der Waals surface area contributed by atoms with Gasteiger partial charge in [0.2, 0.25) is 0 Å². The Balaban J connectivity index is 2.80. The van der Waals surface area contributed by atoms with Crippen LogP contribution in [0.15, 0.2) is 18.2 Å². The number of anilines is 2. The minimum absolute atomic E-state index is 0.295. The maximum Gasteiger partial charge on any atom is 0.412 e. The number of nitrogens with one attached hydrogen (secondary N) is 1. The Labute approximate surface area is 156 Å². The van der Waals surface area contributed by atoms with Crippen molar-refractivity contribution in [2.45, 2.75) is 54.1 Å². The van der Waals surface area contributed by atoms with E-state index in [1.807, 2.05) is 25.1 Å². The van der Waals surface area contributed by atoms with Crippen LogP contribution in [0.1, 0.15) is 47.1 Å². The summed E-state index contributed by atoms with van der Waals surface area (Å²) in [6.45, 7) is 15.1. The molecule has 0 heterocycles. The van der Waals surface area contributed by atoms with Gasteiger partial charge in [-0.3, -0.25) is 10.1 Å². The lowest BCUT2D eigenvalue weighted by Crippen LogP contribution is -2.41. The first kappa shape index (κ1) is 21.8. The van der Waals surface area contributed by atoms with Crippen molar-refractivity contribution in [3.8, 4) is 0 Å². The number of benzene rings is 1. The second-order valence-corrected chi connectivity index (χ2v) is 6.76. The molecule has 0 aliphatic carbocycles. The third-order valence-electron chi connectivity index (χ3n) is 4.61. The van der Waals surface area contributed by atoms with E-state index in [4.69, 9.17) is 9.47 Å². The number of aryl methyl sites for hydroxylation is 1. The Hall–Kier alpha value is -2.24. The first-order chi connectivity index (χ1) is 12.2. The number of hydrogen-bond acceptors (Lipinski definition) is 5. The zero-order valence-electron chi connectivity index (χ0n) is 17.0. The van der Waals surface area contributed by atoms with Gasteiger partial charge in [0.25, 0.3) is 0 Å². The molecule has 0 saturated carbocycles. The average Bonchev–Trinajstić information content (AvgIpc) is 2.57. The maximum atomic E-state index is 12.3. The molecule has 0 bridgehead atoms. The molecule has 26 heavy (non-hydrogen) atoms. The first-order valence-electron chi connectivity index (χ1n) is 9.18. The van der Waals surface area contributed by atoms with Crippen LogP contribution in [-0.2, 0) is 14.3 Å². The van der Waals surface area contributed by atoms with Crippen LogP contribution in [0.4, 0.5) is 16.2 Å². The van der Waals surface area contributed by atoms with Crippen molar-refractivity contribution in [3.05, 3.63) is 23.8 Å². The SMILES string of the molecule is CCOC(=O)C(C)C(C)(C)OC(=O)Nc1ccc(N(CC)CC)cc1C. The number of esters is 1. The van der Waals surface area contributed by atoms with Gasteiger partial charge in [0, 0.05) is 24.5 Å². The quantitative estimate of drug-likeness (QED) is 0.694. The molecule has 1 amide bonds. The second-order valence-electron chi connectivity index (χ2n) is 6.76. The molecule has 0 aliphatic rings. The lowest BCUT2D eigenvalue weighted by atomic mass is 9.93. The Kier molecular flexibility index (Phi) is 7.93. The summed E-state index contributed by atoms with van der Waals surface area (Å²) in [6.07, 6.45) is -0.593. The van der Waals surface area contributed by atoms with Crippen molar-refractivity contribution in [2.75, 3.05) is 29.9 Å². The van der Waals surface area contributed by atoms with Gasteiger partial charge in [-0.2, -0.15) is 0 Å². The van der Waals surface area contributed by atoms with E-state index in [1.54, 1.807) is 27.7 Å². The van der Waals surface area contributed by atoms with Gasteiger partial charge in [0.15, 0.2) is 0 Å². The number of ether oxygens (including phenoxy) is 2. The van der Waals surface area contributed by atoms with Gasteiger partial charge in [-0.05, 0) is 72.2 Å². The van der Waals surface area contributed by atoms with Crippen LogP contribution in [0.5, 0.6) is 0 Å². The van der Waals surface area contributed by atoms with Crippen molar-refractivity contribution in [2.24, 2.45) is 5.92 Å². The molecule has 1 N–H and O–H groups in total. The van der Waals surface area contributed by atoms with E-state index in [-0.39, 0.29) is 5.97 Å². The van der Waals surface area contributed by atoms with Gasteiger partial charge < -0.3 is 14.4 Å². The summed E-state index contributed by atoms with van der Waals surface area (Å²) in [5.41, 5.74) is 1.77. The third kappa shape index (κ3) is 5.64. The lowest BCUT2D eigenvalue weighted by molar-refractivity contribution is -0.154. The standard InChI is InChI=1S/C20H32N2O4/c1-8-22(9-2)16-11-12-17(14(4)13-16)21-19(24)26-20(6,7)15(5)18(23)25-10-3/h11-13,15H,8-10H2,1-7H3,(H,21,24). The largest absolute Gasteiger partial charge is 0.466 e. The lowest BCUT2D eigenvalue weighted by Gasteiger charge is -2.30. The molecular weight excluding hydrogens is 332 g/mol. The predicted molar refractivity (Wildman–Crippen MR) is 105 cm³/mol. The van der Waals surface area contributed by atoms with Crippen LogP contribution < -0.4 is 10.2 Å². The molecule has 1 aromatic carbocycles. The van der Waals surface area contributed by atoms with E-state index in [1.165, 1.54) is 0 Å². The molecule has 1 aromatic rings. The van der Waals surface area contributed by atoms with Gasteiger partial charge >= 0.3 is 12.1 Å². The molecular formula is C20H32N2O4. The summed E-state index contributed by atoms with van der Waals surface area (Å²) < 4.78 is 10.5. The van der Waals surface area contributed by atoms with Crippen LogP contribution in [0, 0.1) is 12.8 Å². The average molecular weight is 364 g/mol. The molecule has 0 fully saturated rings. The van der Waals surface area contributed by atoms with Gasteiger partial charge in [-0.1, -0.05) is 0 Å². The van der Waals surface area contributed by atoms with Crippen LogP contribution in [0.25, 0.3) is 0 Å². The van der Waals surface area contributed by atoms with E-state index in [0.717, 1.165) is 24.3 Å². The van der Waals surface area contributed by atoms with E-state index in [2.05, 4.69) is 24.1 Å². The van der Waals surface area contributed by atoms with Gasteiger partial charge in [0.1, 0.15) is 5.60 Å². The Morgan fingerprint density at radius 2 is 1.81 bits per heavy atom. The normalized spacial score (nSPS) is 12.3. The van der Waals surface area contributed by atoms with Crippen molar-refractivity contribution in [1.82, 2.24) is 0 Å². The highest BCUT2D eigenvalue weighted by molar-refractivity contribution is 5.87. The molecule has 6 nitrogen and oxygen atoms in total. The number of carbonyl (C=O) groups excluding carboxylic acids is 2. The highest BCUT2D eigenvalue weighted by Gasteiger charge is 2.36. The smallest absolute Gasteiger partial charge is 0.412 e. The number of hydrogen-bond donors (Lipinski definition) is 1. The fourth-order valence-electron chi connectivity index (χ4n) is 2.59. The molecule has 0 aromatic heterocycles. The number of carbonyl (C=O) groups is 2. The van der Waals surface area contributed by atoms with Crippen LogP contribution in [0.3, 0.4) is 0 Å². The zero-order valence-corrected chi connectivity index (χ0v) is 17.0. The maximum absolute atomic E-state index is 12.3. The molecule has 1 rings (SSSR count). The van der Waals surface area contributed by atoms with E-state index in [0.29, 0.717) is 12.3 Å². The third-order valence-corrected chi connectivity index (χ3v) is 4.61. The Bertz CT molecular complexity index is 624. The van der Waals surface area contributed by atoms with Gasteiger partial charge in [-0.25, -0.2) is 4.79 Å². The van der Waals surface area contributed by atoms with Crippen LogP contribution in [-0.4, -0.2) is 37.4 Å². The minimum Gasteiger partial charge on any atom is -0.466 e. The summed E-state index contributed by atoms with van der Waals surface area (Å²) in [5.74, 6) is -0.954. The molecule has 146 valence electrons. The number of rotatable bonds is 8. The summed E-state index contributed by atoms with van der Waals surface area (Å²) in [7, 11) is 0. The topological polar surface area (TPSA) is 67.9 Å². The van der Waals surface area contributed by atoms with Crippen molar-refractivity contribution in [3.63, 3.8) is 0 Å². The molecule has 6 heteroatoms. The fraction of sp³-hybridized carbons (Fsp3) is 0.600. The summed E-state index contributed by atoms with van der Waals surface area (Å²) in [6, 6.07) is 5.88. The van der Waals surface area contributed by atoms with Crippen molar-refractivity contribution >= 4 is 23.4 Å². The molecule has 0 spiro atoms. The Morgan fingerprint density at radius 1 is 1.19 bits per heavy atom. The first-order valence-corrected chi connectivity index (χ1v) is 9.18. The highest BCUT2D eigenvalue weighted by Crippen LogP contribution is 2.26. The van der Waals surface area contributed by atoms with Gasteiger partial charge in [-0.15, -0.1) is 0 Å².